The first-order valence-electron chi connectivity index (χ1n) is 12.9. The third kappa shape index (κ3) is 3.17. The van der Waals surface area contributed by atoms with Crippen molar-refractivity contribution in [1.82, 2.24) is 0 Å². The second-order valence-electron chi connectivity index (χ2n) is 10.1. The van der Waals surface area contributed by atoms with Gasteiger partial charge in [0.25, 0.3) is 0 Å². The average molecular weight is 528 g/mol. The van der Waals surface area contributed by atoms with Gasteiger partial charge in [0, 0.05) is 56.7 Å². The number of allylic oxidation sites excluding steroid dienone is 1. The first-order chi connectivity index (χ1) is 18.8. The normalized spacial score (nSPS) is 13.0. The number of fused-ring (bicyclic) bond motifs is 1. The Morgan fingerprint density at radius 3 is 1.95 bits per heavy atom. The van der Waals surface area contributed by atoms with Crippen LogP contribution in [0.1, 0.15) is 37.8 Å². The Bertz CT molecular complexity index is 1980. The number of nitrogens with one attached hydrogen (secondary N) is 1. The van der Waals surface area contributed by atoms with Gasteiger partial charge in [-0.05, 0) is 25.2 Å². The lowest BCUT2D eigenvalue weighted by atomic mass is 9.83. The molecule has 200 valence electrons. The quantitative estimate of drug-likeness (QED) is 0.144. The highest BCUT2D eigenvalue weighted by molar-refractivity contribution is 6.39. The Morgan fingerprint density at radius 2 is 1.38 bits per heavy atom. The van der Waals surface area contributed by atoms with Crippen molar-refractivity contribution in [2.75, 3.05) is 33.2 Å². The smallest absolute Gasteiger partial charge is 0.232 e. The van der Waals surface area contributed by atoms with Crippen LogP contribution >= 0.6 is 0 Å². The molecule has 0 bridgehead atoms. The summed E-state index contributed by atoms with van der Waals surface area (Å²) in [5.41, 5.74) is 1.89. The van der Waals surface area contributed by atoms with Gasteiger partial charge >= 0.3 is 0 Å². The van der Waals surface area contributed by atoms with Crippen LogP contribution in [0.15, 0.2) is 27.3 Å². The van der Waals surface area contributed by atoms with Crippen LogP contribution in [-0.4, -0.2) is 38.1 Å². The van der Waals surface area contributed by atoms with Crippen molar-refractivity contribution in [2.45, 2.75) is 33.1 Å². The summed E-state index contributed by atoms with van der Waals surface area (Å²) in [4.78, 5) is 27.9. The summed E-state index contributed by atoms with van der Waals surface area (Å²) < 4.78 is 17.2. The van der Waals surface area contributed by atoms with Crippen molar-refractivity contribution in [2.24, 2.45) is 0 Å². The maximum atomic E-state index is 14.1. The van der Waals surface area contributed by atoms with E-state index in [4.69, 9.17) is 14.2 Å². The molecule has 0 unspecified atom stereocenters. The Kier molecular flexibility index (Phi) is 5.61. The van der Waals surface area contributed by atoms with Crippen LogP contribution in [0.3, 0.4) is 0 Å². The van der Waals surface area contributed by atoms with Gasteiger partial charge < -0.3 is 29.7 Å². The van der Waals surface area contributed by atoms with E-state index in [2.05, 4.69) is 12.2 Å². The fourth-order valence-electron chi connectivity index (χ4n) is 6.30. The van der Waals surface area contributed by atoms with Gasteiger partial charge in [-0.25, -0.2) is 0 Å². The summed E-state index contributed by atoms with van der Waals surface area (Å²) in [6, 6.07) is 2.82. The van der Waals surface area contributed by atoms with Crippen molar-refractivity contribution in [3.63, 3.8) is 0 Å². The van der Waals surface area contributed by atoms with Crippen LogP contribution in [0.4, 0.5) is 5.69 Å². The third-order valence-electron chi connectivity index (χ3n) is 7.87. The number of methoxy groups -OCH3 is 3. The molecule has 1 aliphatic carbocycles. The number of rotatable bonds is 7. The fraction of sp³-hybridized carbons (Fsp3) is 0.290. The molecule has 8 nitrogen and oxygen atoms in total. The molecule has 5 aromatic rings. The van der Waals surface area contributed by atoms with Crippen LogP contribution < -0.4 is 30.4 Å². The van der Waals surface area contributed by atoms with Gasteiger partial charge in [-0.1, -0.05) is 25.0 Å². The molecule has 0 aliphatic heterocycles. The predicted molar refractivity (Wildman–Crippen MR) is 155 cm³/mol. The summed E-state index contributed by atoms with van der Waals surface area (Å²) in [7, 11) is 4.41. The Balaban J connectivity index is 2.08. The molecule has 0 atom stereocenters. The molecule has 0 radical (unpaired) electrons. The lowest BCUT2D eigenvalue weighted by Crippen LogP contribution is -2.16. The van der Waals surface area contributed by atoms with Crippen LogP contribution in [0, 0.1) is 0 Å². The Labute approximate surface area is 223 Å². The number of phenols is 2. The molecule has 6 rings (SSSR count). The van der Waals surface area contributed by atoms with Crippen molar-refractivity contribution in [3.05, 3.63) is 49.3 Å². The zero-order valence-corrected chi connectivity index (χ0v) is 22.5. The molecule has 0 fully saturated rings. The van der Waals surface area contributed by atoms with E-state index >= 15 is 0 Å². The van der Waals surface area contributed by atoms with Gasteiger partial charge in [-0.2, -0.15) is 0 Å². The number of phenolic OH excluding ortho intramolecular Hbond substituents is 2. The topological polar surface area (TPSA) is 114 Å². The number of hydrogen-bond donors (Lipinski definition) is 3. The third-order valence-corrected chi connectivity index (χ3v) is 7.87. The molecular formula is C31H29NO7. The molecule has 0 amide bonds. The SMILES string of the molecule is CCCCNc1c2c3c4c(c(OC)c(=O)c5c(O)cc(OC)c(c6c(OC)cc(O)c(c1=O)c63)c54)CC(C)=C2. The van der Waals surface area contributed by atoms with E-state index in [1.807, 2.05) is 13.0 Å². The second-order valence-corrected chi connectivity index (χ2v) is 10.1. The minimum atomic E-state index is -0.428. The second kappa shape index (κ2) is 8.80. The number of ether oxygens (including phenoxy) is 3. The molecular weight excluding hydrogens is 498 g/mol. The van der Waals surface area contributed by atoms with Gasteiger partial charge in [0.05, 0.1) is 37.8 Å². The Morgan fingerprint density at radius 1 is 0.795 bits per heavy atom. The molecule has 1 aliphatic rings. The van der Waals surface area contributed by atoms with E-state index in [-0.39, 0.29) is 33.4 Å². The minimum absolute atomic E-state index is 0.104. The van der Waals surface area contributed by atoms with Crippen molar-refractivity contribution in [1.29, 1.82) is 0 Å². The van der Waals surface area contributed by atoms with Crippen molar-refractivity contribution >= 4 is 54.9 Å². The van der Waals surface area contributed by atoms with E-state index in [1.54, 1.807) is 0 Å². The molecule has 0 saturated heterocycles. The summed E-state index contributed by atoms with van der Waals surface area (Å²) in [5.74, 6) is 0.342. The van der Waals surface area contributed by atoms with Gasteiger partial charge in [0.1, 0.15) is 23.0 Å². The predicted octanol–water partition coefficient (Wildman–Crippen LogP) is 5.50. The molecule has 0 aromatic heterocycles. The molecule has 0 heterocycles. The molecule has 39 heavy (non-hydrogen) atoms. The van der Waals surface area contributed by atoms with Crippen molar-refractivity contribution < 1.29 is 24.4 Å². The summed E-state index contributed by atoms with van der Waals surface area (Å²) in [6.45, 7) is 4.60. The fourth-order valence-corrected chi connectivity index (χ4v) is 6.30. The van der Waals surface area contributed by atoms with E-state index < -0.39 is 5.43 Å². The van der Waals surface area contributed by atoms with Crippen LogP contribution in [0.25, 0.3) is 49.2 Å². The highest BCUT2D eigenvalue weighted by Crippen LogP contribution is 2.54. The largest absolute Gasteiger partial charge is 0.507 e. The van der Waals surface area contributed by atoms with E-state index in [1.165, 1.54) is 33.5 Å². The monoisotopic (exact) mass is 527 g/mol. The number of hydrogen-bond acceptors (Lipinski definition) is 8. The van der Waals surface area contributed by atoms with E-state index in [9.17, 15) is 19.8 Å². The number of aromatic hydroxyl groups is 2. The average Bonchev–Trinajstić information content (AvgIpc) is 3.06. The van der Waals surface area contributed by atoms with Crippen molar-refractivity contribution in [3.8, 4) is 28.7 Å². The lowest BCUT2D eigenvalue weighted by molar-refractivity contribution is 0.406. The first kappa shape index (κ1) is 24.9. The highest BCUT2D eigenvalue weighted by Gasteiger charge is 2.32. The lowest BCUT2D eigenvalue weighted by Gasteiger charge is -2.23. The molecule has 8 heteroatoms. The van der Waals surface area contributed by atoms with Gasteiger partial charge in [-0.15, -0.1) is 0 Å². The summed E-state index contributed by atoms with van der Waals surface area (Å²) >= 11 is 0. The van der Waals surface area contributed by atoms with Crippen LogP contribution in [0.5, 0.6) is 28.7 Å². The van der Waals surface area contributed by atoms with E-state index in [0.29, 0.717) is 73.6 Å². The van der Waals surface area contributed by atoms with Crippen LogP contribution in [0.2, 0.25) is 0 Å². The van der Waals surface area contributed by atoms with Gasteiger partial charge in [0.2, 0.25) is 10.9 Å². The number of unbranched alkanes of at least 4 members (excludes halogenated alkanes) is 1. The number of anilines is 1. The maximum absolute atomic E-state index is 14.1. The highest BCUT2D eigenvalue weighted by atomic mass is 16.5. The zero-order valence-electron chi connectivity index (χ0n) is 22.5. The molecule has 5 aromatic carbocycles. The minimum Gasteiger partial charge on any atom is -0.507 e. The van der Waals surface area contributed by atoms with Gasteiger partial charge in [0.15, 0.2) is 5.75 Å². The first-order valence-corrected chi connectivity index (χ1v) is 12.9. The number of benzene rings is 5. The zero-order chi connectivity index (χ0) is 27.7. The Hall–Kier alpha value is -4.46. The molecule has 0 saturated carbocycles. The standard InChI is InChI=1S/C31H29NO7/c1-6-7-8-32-28-14-9-13(2)10-15-21-20(14)26-22(29(28)35)16(33)11-18(37-3)24(26)25-19(38-4)12-17(34)23(27(21)25)30(36)31(15)39-5/h9,11-12,32-34H,6-8,10H2,1-5H3. The van der Waals surface area contributed by atoms with E-state index in [0.717, 1.165) is 18.4 Å². The summed E-state index contributed by atoms with van der Waals surface area (Å²) in [6.07, 6.45) is 4.16. The molecule has 3 N–H and O–H groups in total. The molecule has 0 spiro atoms. The summed E-state index contributed by atoms with van der Waals surface area (Å²) in [5, 5.41) is 29.4. The maximum Gasteiger partial charge on any atom is 0.232 e. The van der Waals surface area contributed by atoms with Gasteiger partial charge in [-0.3, -0.25) is 9.59 Å². The van der Waals surface area contributed by atoms with Crippen LogP contribution in [-0.2, 0) is 6.42 Å².